The molecule has 2 aromatic rings. The number of aromatic amines is 1. The Hall–Kier alpha value is -1.71. The van der Waals surface area contributed by atoms with Crippen LogP contribution in [0.15, 0.2) is 23.1 Å². The third-order valence-electron chi connectivity index (χ3n) is 1.37. The van der Waals surface area contributed by atoms with Crippen LogP contribution < -0.4 is 5.56 Å². The maximum Gasteiger partial charge on any atom is 0.290 e. The first-order chi connectivity index (χ1) is 5.38. The van der Waals surface area contributed by atoms with Gasteiger partial charge in [-0.15, -0.1) is 0 Å². The van der Waals surface area contributed by atoms with Crippen molar-refractivity contribution in [2.75, 3.05) is 0 Å². The Bertz CT molecular complexity index is 429. The molecule has 0 atom stereocenters. The molecule has 2 heterocycles. The Morgan fingerprint density at radius 2 is 2.45 bits per heavy atom. The SMILES string of the molecule is O=c1[nH]ncc2cc[c]nc12. The highest BCUT2D eigenvalue weighted by atomic mass is 16.1. The molecule has 0 aliphatic carbocycles. The fourth-order valence-corrected chi connectivity index (χ4v) is 0.872. The van der Waals surface area contributed by atoms with Crippen LogP contribution in [0.25, 0.3) is 10.9 Å². The molecular weight excluding hydrogens is 142 g/mol. The maximum atomic E-state index is 11.0. The highest BCUT2D eigenvalue weighted by Crippen LogP contribution is 2.00. The molecule has 0 aliphatic rings. The molecule has 0 fully saturated rings. The van der Waals surface area contributed by atoms with E-state index >= 15 is 0 Å². The molecule has 0 saturated carbocycles. The Morgan fingerprint density at radius 3 is 3.27 bits per heavy atom. The van der Waals surface area contributed by atoms with Gasteiger partial charge in [-0.25, -0.2) is 10.1 Å². The van der Waals surface area contributed by atoms with Crippen molar-refractivity contribution in [1.82, 2.24) is 15.2 Å². The van der Waals surface area contributed by atoms with Crippen molar-refractivity contribution in [3.05, 3.63) is 34.9 Å². The highest BCUT2D eigenvalue weighted by Gasteiger charge is 1.95. The Labute approximate surface area is 61.9 Å². The second-order valence-corrected chi connectivity index (χ2v) is 2.08. The lowest BCUT2D eigenvalue weighted by Crippen LogP contribution is -2.08. The Morgan fingerprint density at radius 1 is 1.55 bits per heavy atom. The summed E-state index contributed by atoms with van der Waals surface area (Å²) < 4.78 is 0. The van der Waals surface area contributed by atoms with E-state index in [1.54, 1.807) is 18.3 Å². The molecule has 1 N–H and O–H groups in total. The van der Waals surface area contributed by atoms with Crippen LogP contribution in [0, 0.1) is 6.20 Å². The first-order valence-electron chi connectivity index (χ1n) is 3.08. The summed E-state index contributed by atoms with van der Waals surface area (Å²) >= 11 is 0. The lowest BCUT2D eigenvalue weighted by Gasteiger charge is -1.90. The molecule has 53 valence electrons. The van der Waals surface area contributed by atoms with Gasteiger partial charge < -0.3 is 0 Å². The summed E-state index contributed by atoms with van der Waals surface area (Å²) in [5.41, 5.74) is 0.0989. The van der Waals surface area contributed by atoms with Gasteiger partial charge in [0.15, 0.2) is 0 Å². The van der Waals surface area contributed by atoms with Crippen LogP contribution in [0.3, 0.4) is 0 Å². The molecule has 4 nitrogen and oxygen atoms in total. The summed E-state index contributed by atoms with van der Waals surface area (Å²) in [5, 5.41) is 6.64. The van der Waals surface area contributed by atoms with Gasteiger partial charge in [-0.1, -0.05) is 0 Å². The molecule has 0 amide bonds. The number of nitrogens with zero attached hydrogens (tertiary/aromatic N) is 2. The van der Waals surface area contributed by atoms with E-state index in [-0.39, 0.29) is 5.56 Å². The quantitative estimate of drug-likeness (QED) is 0.574. The van der Waals surface area contributed by atoms with Crippen LogP contribution in [0.4, 0.5) is 0 Å². The third kappa shape index (κ3) is 0.881. The smallest absolute Gasteiger partial charge is 0.266 e. The monoisotopic (exact) mass is 146 g/mol. The van der Waals surface area contributed by atoms with Gasteiger partial charge in [-0.3, -0.25) is 4.79 Å². The first-order valence-corrected chi connectivity index (χ1v) is 3.08. The zero-order valence-electron chi connectivity index (χ0n) is 5.53. The fraction of sp³-hybridized carbons (Fsp3) is 0. The maximum absolute atomic E-state index is 11.0. The standard InChI is InChI=1S/C7H4N3O/c11-7-6-5(4-9-10-7)2-1-3-8-6/h1-2,4H,(H,10,11). The van der Waals surface area contributed by atoms with Crippen LogP contribution in [-0.4, -0.2) is 15.2 Å². The molecule has 1 radical (unpaired) electrons. The summed E-state index contributed by atoms with van der Waals surface area (Å²) in [6.07, 6.45) is 4.13. The van der Waals surface area contributed by atoms with Gasteiger partial charge in [-0.2, -0.15) is 5.10 Å². The minimum Gasteiger partial charge on any atom is -0.266 e. The molecule has 2 aromatic heterocycles. The van der Waals surface area contributed by atoms with Crippen molar-refractivity contribution in [2.24, 2.45) is 0 Å². The second-order valence-electron chi connectivity index (χ2n) is 2.08. The zero-order valence-corrected chi connectivity index (χ0v) is 5.53. The molecule has 0 saturated heterocycles. The van der Waals surface area contributed by atoms with E-state index in [0.29, 0.717) is 5.52 Å². The zero-order chi connectivity index (χ0) is 7.68. The lowest BCUT2D eigenvalue weighted by atomic mass is 10.3. The molecule has 0 spiro atoms. The lowest BCUT2D eigenvalue weighted by molar-refractivity contribution is 1.00. The van der Waals surface area contributed by atoms with E-state index < -0.39 is 0 Å². The number of nitrogens with one attached hydrogen (secondary N) is 1. The van der Waals surface area contributed by atoms with E-state index in [9.17, 15) is 4.79 Å². The summed E-state index contributed by atoms with van der Waals surface area (Å²) in [4.78, 5) is 14.8. The van der Waals surface area contributed by atoms with Crippen molar-refractivity contribution < 1.29 is 0 Å². The molecule has 2 rings (SSSR count). The van der Waals surface area contributed by atoms with Crippen LogP contribution in [0.5, 0.6) is 0 Å². The molecule has 11 heavy (non-hydrogen) atoms. The number of fused-ring (bicyclic) bond motifs is 1. The minimum atomic E-state index is -0.278. The second kappa shape index (κ2) is 2.16. The third-order valence-corrected chi connectivity index (χ3v) is 1.37. The summed E-state index contributed by atoms with van der Waals surface area (Å²) in [6, 6.07) is 3.38. The van der Waals surface area contributed by atoms with Gasteiger partial charge >= 0.3 is 0 Å². The molecule has 4 heteroatoms. The van der Waals surface area contributed by atoms with E-state index in [4.69, 9.17) is 0 Å². The van der Waals surface area contributed by atoms with Crippen molar-refractivity contribution in [1.29, 1.82) is 0 Å². The van der Waals surface area contributed by atoms with Crippen molar-refractivity contribution in [2.45, 2.75) is 0 Å². The number of hydrogen-bond acceptors (Lipinski definition) is 3. The summed E-state index contributed by atoms with van der Waals surface area (Å²) in [6.45, 7) is 0. The van der Waals surface area contributed by atoms with Crippen molar-refractivity contribution >= 4 is 10.9 Å². The predicted octanol–water partition coefficient (Wildman–Crippen LogP) is 0.118. The van der Waals surface area contributed by atoms with E-state index in [0.717, 1.165) is 5.39 Å². The number of hydrogen-bond donors (Lipinski definition) is 1. The first kappa shape index (κ1) is 6.03. The number of aromatic nitrogens is 3. The van der Waals surface area contributed by atoms with Gasteiger partial charge in [0, 0.05) is 5.39 Å². The van der Waals surface area contributed by atoms with Gasteiger partial charge in [0.25, 0.3) is 5.56 Å². The van der Waals surface area contributed by atoms with Crippen LogP contribution >= 0.6 is 0 Å². The minimum absolute atomic E-state index is 0.278. The van der Waals surface area contributed by atoms with E-state index in [1.165, 1.54) is 0 Å². The van der Waals surface area contributed by atoms with Gasteiger partial charge in [0.05, 0.1) is 12.4 Å². The van der Waals surface area contributed by atoms with Crippen LogP contribution in [0.2, 0.25) is 0 Å². The van der Waals surface area contributed by atoms with Crippen molar-refractivity contribution in [3.8, 4) is 0 Å². The van der Waals surface area contributed by atoms with Gasteiger partial charge in [0.1, 0.15) is 5.52 Å². The van der Waals surface area contributed by atoms with Gasteiger partial charge in [-0.05, 0) is 12.1 Å². The highest BCUT2D eigenvalue weighted by molar-refractivity contribution is 5.75. The van der Waals surface area contributed by atoms with Crippen LogP contribution in [0.1, 0.15) is 0 Å². The summed E-state index contributed by atoms with van der Waals surface area (Å²) in [7, 11) is 0. The molecule has 0 aromatic carbocycles. The van der Waals surface area contributed by atoms with E-state index in [2.05, 4.69) is 21.4 Å². The largest absolute Gasteiger partial charge is 0.290 e. The predicted molar refractivity (Wildman–Crippen MR) is 39.0 cm³/mol. The van der Waals surface area contributed by atoms with Gasteiger partial charge in [0.2, 0.25) is 0 Å². The number of H-pyrrole nitrogens is 1. The average Bonchev–Trinajstić information content (AvgIpc) is 2.06. The van der Waals surface area contributed by atoms with Crippen LogP contribution in [-0.2, 0) is 0 Å². The molecule has 0 bridgehead atoms. The topological polar surface area (TPSA) is 58.6 Å². The number of pyridine rings is 1. The fourth-order valence-electron chi connectivity index (χ4n) is 0.872. The summed E-state index contributed by atoms with van der Waals surface area (Å²) in [5.74, 6) is 0. The number of rotatable bonds is 0. The molecule has 0 unspecified atom stereocenters. The molecular formula is C7H4N3O. The van der Waals surface area contributed by atoms with E-state index in [1.807, 2.05) is 0 Å². The molecule has 0 aliphatic heterocycles. The van der Waals surface area contributed by atoms with Crippen molar-refractivity contribution in [3.63, 3.8) is 0 Å². The normalized spacial score (nSPS) is 10.2. The Kier molecular flexibility index (Phi) is 1.18. The average molecular weight is 146 g/mol. The Balaban J connectivity index is 3.03.